The summed E-state index contributed by atoms with van der Waals surface area (Å²) < 4.78 is 11.9. The SMILES string of the molecule is NCC1CCN(C(=O)c2oc3ccccc3c2COc2ccccc2Cl)CC1. The van der Waals surface area contributed by atoms with Gasteiger partial charge < -0.3 is 19.8 Å². The fourth-order valence-corrected chi connectivity index (χ4v) is 3.83. The van der Waals surface area contributed by atoms with E-state index < -0.39 is 0 Å². The van der Waals surface area contributed by atoms with Crippen LogP contribution in [0.15, 0.2) is 52.9 Å². The van der Waals surface area contributed by atoms with Crippen LogP contribution in [0.25, 0.3) is 11.0 Å². The van der Waals surface area contributed by atoms with Gasteiger partial charge in [0.05, 0.1) is 5.02 Å². The van der Waals surface area contributed by atoms with E-state index in [0.29, 0.717) is 47.7 Å². The van der Waals surface area contributed by atoms with E-state index >= 15 is 0 Å². The molecule has 0 aliphatic carbocycles. The Morgan fingerprint density at radius 1 is 1.14 bits per heavy atom. The molecule has 1 fully saturated rings. The molecule has 0 radical (unpaired) electrons. The van der Waals surface area contributed by atoms with Crippen molar-refractivity contribution in [3.05, 3.63) is 64.9 Å². The largest absolute Gasteiger partial charge is 0.487 e. The first-order valence-corrected chi connectivity index (χ1v) is 9.92. The predicted octanol–water partition coefficient (Wildman–Crippen LogP) is 4.48. The van der Waals surface area contributed by atoms with Crippen LogP contribution < -0.4 is 10.5 Å². The number of hydrogen-bond acceptors (Lipinski definition) is 4. The number of rotatable bonds is 5. The summed E-state index contributed by atoms with van der Waals surface area (Å²) in [6, 6.07) is 14.9. The fraction of sp³-hybridized carbons (Fsp3) is 0.318. The Balaban J connectivity index is 1.62. The molecule has 1 aliphatic heterocycles. The molecule has 0 unspecified atom stereocenters. The number of likely N-dealkylation sites (tertiary alicyclic amines) is 1. The van der Waals surface area contributed by atoms with Gasteiger partial charge in [-0.15, -0.1) is 0 Å². The molecule has 1 amide bonds. The molecule has 6 heteroatoms. The van der Waals surface area contributed by atoms with Crippen LogP contribution in [0, 0.1) is 5.92 Å². The summed E-state index contributed by atoms with van der Waals surface area (Å²) in [7, 11) is 0. The van der Waals surface area contributed by atoms with Gasteiger partial charge in [-0.05, 0) is 43.5 Å². The number of nitrogens with zero attached hydrogens (tertiary/aromatic N) is 1. The lowest BCUT2D eigenvalue weighted by Crippen LogP contribution is -2.40. The molecule has 2 heterocycles. The maximum atomic E-state index is 13.2. The van der Waals surface area contributed by atoms with Crippen molar-refractivity contribution >= 4 is 28.5 Å². The Morgan fingerprint density at radius 3 is 2.61 bits per heavy atom. The number of hydrogen-bond donors (Lipinski definition) is 1. The first kappa shape index (κ1) is 18.8. The van der Waals surface area contributed by atoms with E-state index in [9.17, 15) is 4.79 Å². The van der Waals surface area contributed by atoms with Gasteiger partial charge >= 0.3 is 0 Å². The van der Waals surface area contributed by atoms with Crippen LogP contribution in [0.1, 0.15) is 29.0 Å². The lowest BCUT2D eigenvalue weighted by molar-refractivity contribution is 0.0660. The predicted molar refractivity (Wildman–Crippen MR) is 110 cm³/mol. The van der Waals surface area contributed by atoms with Crippen LogP contribution in [0.2, 0.25) is 5.02 Å². The highest BCUT2D eigenvalue weighted by Gasteiger charge is 2.28. The van der Waals surface area contributed by atoms with Crippen LogP contribution in [-0.4, -0.2) is 30.4 Å². The number of benzene rings is 2. The van der Waals surface area contributed by atoms with E-state index in [0.717, 1.165) is 23.8 Å². The smallest absolute Gasteiger partial charge is 0.290 e. The second-order valence-corrected chi connectivity index (χ2v) is 7.50. The van der Waals surface area contributed by atoms with Crippen molar-refractivity contribution in [3.63, 3.8) is 0 Å². The average Bonchev–Trinajstić information content (AvgIpc) is 3.11. The van der Waals surface area contributed by atoms with Crippen molar-refractivity contribution in [1.82, 2.24) is 4.90 Å². The summed E-state index contributed by atoms with van der Waals surface area (Å²) in [6.07, 6.45) is 1.85. The van der Waals surface area contributed by atoms with Gasteiger partial charge in [-0.2, -0.15) is 0 Å². The van der Waals surface area contributed by atoms with Crippen molar-refractivity contribution in [3.8, 4) is 5.75 Å². The fourth-order valence-electron chi connectivity index (χ4n) is 3.64. The molecule has 0 bridgehead atoms. The standard InChI is InChI=1S/C22H23ClN2O3/c23-18-6-2-4-8-20(18)27-14-17-16-5-1-3-7-19(16)28-21(17)22(26)25-11-9-15(13-24)10-12-25/h1-8,15H,9-14,24H2. The van der Waals surface area contributed by atoms with Gasteiger partial charge in [0.1, 0.15) is 17.9 Å². The molecule has 0 saturated carbocycles. The van der Waals surface area contributed by atoms with E-state index in [4.69, 9.17) is 26.5 Å². The highest BCUT2D eigenvalue weighted by molar-refractivity contribution is 6.32. The van der Waals surface area contributed by atoms with E-state index in [1.165, 1.54) is 0 Å². The van der Waals surface area contributed by atoms with Crippen LogP contribution in [0.3, 0.4) is 0 Å². The van der Waals surface area contributed by atoms with Crippen LogP contribution >= 0.6 is 11.6 Å². The van der Waals surface area contributed by atoms with Crippen LogP contribution in [0.5, 0.6) is 5.75 Å². The van der Waals surface area contributed by atoms with Gasteiger partial charge in [0.2, 0.25) is 0 Å². The Hall–Kier alpha value is -2.50. The molecule has 4 rings (SSSR count). The molecule has 0 atom stereocenters. The minimum atomic E-state index is -0.0931. The van der Waals surface area contributed by atoms with Crippen LogP contribution in [-0.2, 0) is 6.61 Å². The van der Waals surface area contributed by atoms with Gasteiger partial charge in [-0.3, -0.25) is 4.79 Å². The second kappa shape index (κ2) is 8.25. The van der Waals surface area contributed by atoms with E-state index in [1.807, 2.05) is 47.4 Å². The van der Waals surface area contributed by atoms with Crippen LogP contribution in [0.4, 0.5) is 0 Å². The normalized spacial score (nSPS) is 15.1. The quantitative estimate of drug-likeness (QED) is 0.688. The highest BCUT2D eigenvalue weighted by atomic mass is 35.5. The summed E-state index contributed by atoms with van der Waals surface area (Å²) >= 11 is 6.20. The number of fused-ring (bicyclic) bond motifs is 1. The zero-order chi connectivity index (χ0) is 19.5. The molecule has 2 aromatic carbocycles. The molecule has 1 saturated heterocycles. The number of nitrogens with two attached hydrogens (primary N) is 1. The number of para-hydroxylation sites is 2. The zero-order valence-corrected chi connectivity index (χ0v) is 16.3. The molecule has 5 nitrogen and oxygen atoms in total. The van der Waals surface area contributed by atoms with Gasteiger partial charge in [0.25, 0.3) is 5.91 Å². The summed E-state index contributed by atoms with van der Waals surface area (Å²) in [4.78, 5) is 15.0. The highest BCUT2D eigenvalue weighted by Crippen LogP contribution is 2.31. The first-order chi connectivity index (χ1) is 13.7. The Bertz CT molecular complexity index is 977. The number of piperidine rings is 1. The minimum Gasteiger partial charge on any atom is -0.487 e. The maximum Gasteiger partial charge on any atom is 0.290 e. The third-order valence-corrected chi connectivity index (χ3v) is 5.65. The lowest BCUT2D eigenvalue weighted by atomic mass is 9.97. The number of furan rings is 1. The van der Waals surface area contributed by atoms with Crippen molar-refractivity contribution in [2.24, 2.45) is 11.7 Å². The first-order valence-electron chi connectivity index (χ1n) is 9.54. The molecular weight excluding hydrogens is 376 g/mol. The maximum absolute atomic E-state index is 13.2. The molecule has 2 N–H and O–H groups in total. The summed E-state index contributed by atoms with van der Waals surface area (Å²) in [6.45, 7) is 2.27. The Labute approximate surface area is 169 Å². The molecule has 0 spiro atoms. The van der Waals surface area contributed by atoms with E-state index in [-0.39, 0.29) is 12.5 Å². The van der Waals surface area contributed by atoms with Crippen molar-refractivity contribution in [1.29, 1.82) is 0 Å². The average molecular weight is 399 g/mol. The summed E-state index contributed by atoms with van der Waals surface area (Å²) in [5, 5.41) is 1.42. The zero-order valence-electron chi connectivity index (χ0n) is 15.6. The number of ether oxygens (including phenoxy) is 1. The number of carbonyl (C=O) groups excluding carboxylic acids is 1. The third-order valence-electron chi connectivity index (χ3n) is 5.34. The molecular formula is C22H23ClN2O3. The number of amides is 1. The lowest BCUT2D eigenvalue weighted by Gasteiger charge is -2.31. The summed E-state index contributed by atoms with van der Waals surface area (Å²) in [5.74, 6) is 1.32. The molecule has 1 aromatic heterocycles. The van der Waals surface area contributed by atoms with Crippen molar-refractivity contribution in [2.45, 2.75) is 19.4 Å². The molecule has 3 aromatic rings. The van der Waals surface area contributed by atoms with Crippen molar-refractivity contribution < 1.29 is 13.9 Å². The molecule has 28 heavy (non-hydrogen) atoms. The summed E-state index contributed by atoms with van der Waals surface area (Å²) in [5.41, 5.74) is 7.20. The van der Waals surface area contributed by atoms with Gasteiger partial charge in [-0.1, -0.05) is 41.9 Å². The number of halogens is 1. The second-order valence-electron chi connectivity index (χ2n) is 7.10. The monoisotopic (exact) mass is 398 g/mol. The van der Waals surface area contributed by atoms with Gasteiger partial charge in [0.15, 0.2) is 5.76 Å². The molecule has 1 aliphatic rings. The number of carbonyl (C=O) groups is 1. The van der Waals surface area contributed by atoms with Gasteiger partial charge in [-0.25, -0.2) is 0 Å². The topological polar surface area (TPSA) is 68.7 Å². The Kier molecular flexibility index (Phi) is 5.55. The minimum absolute atomic E-state index is 0.0931. The third kappa shape index (κ3) is 3.73. The Morgan fingerprint density at radius 2 is 1.86 bits per heavy atom. The molecule has 146 valence electrons. The van der Waals surface area contributed by atoms with E-state index in [1.54, 1.807) is 6.07 Å². The van der Waals surface area contributed by atoms with E-state index in [2.05, 4.69) is 0 Å². The van der Waals surface area contributed by atoms with Gasteiger partial charge in [0, 0.05) is 24.0 Å². The van der Waals surface area contributed by atoms with Crippen molar-refractivity contribution in [2.75, 3.05) is 19.6 Å².